The highest BCUT2D eigenvalue weighted by atomic mass is 79.9. The molecule has 0 spiro atoms. The fourth-order valence-corrected chi connectivity index (χ4v) is 2.44. The van der Waals surface area contributed by atoms with Gasteiger partial charge in [-0.1, -0.05) is 72.8 Å². The Balaban J connectivity index is 2.32. The minimum atomic E-state index is 0.258. The first kappa shape index (κ1) is 16.4. The van der Waals surface area contributed by atoms with Crippen molar-refractivity contribution >= 4 is 21.7 Å². The van der Waals surface area contributed by atoms with Gasteiger partial charge in [-0.15, -0.1) is 0 Å². The number of ketones is 1. The summed E-state index contributed by atoms with van der Waals surface area (Å²) in [6, 6.07) is 8.19. The van der Waals surface area contributed by atoms with E-state index in [4.69, 9.17) is 0 Å². The zero-order valence-corrected chi connectivity index (χ0v) is 13.5. The van der Waals surface area contributed by atoms with Gasteiger partial charge >= 0.3 is 0 Å². The first-order valence-corrected chi connectivity index (χ1v) is 8.58. The number of hydrogen-bond donors (Lipinski definition) is 0. The zero-order chi connectivity index (χ0) is 13.9. The number of benzene rings is 1. The summed E-state index contributed by atoms with van der Waals surface area (Å²) in [4.78, 5) is 11.8. The third-order valence-corrected chi connectivity index (χ3v) is 3.94. The van der Waals surface area contributed by atoms with E-state index in [1.165, 1.54) is 37.7 Å². The van der Waals surface area contributed by atoms with Crippen LogP contribution in [-0.2, 0) is 6.42 Å². The Labute approximate surface area is 125 Å². The van der Waals surface area contributed by atoms with Gasteiger partial charge in [0.25, 0.3) is 0 Å². The molecule has 0 radical (unpaired) electrons. The Hall–Kier alpha value is -0.630. The molecule has 0 saturated heterocycles. The molecule has 0 bridgehead atoms. The summed E-state index contributed by atoms with van der Waals surface area (Å²) in [5.41, 5.74) is 2.21. The summed E-state index contributed by atoms with van der Waals surface area (Å²) in [6.45, 7) is 2.24. The average Bonchev–Trinajstić information content (AvgIpc) is 2.45. The van der Waals surface area contributed by atoms with Crippen LogP contribution in [0.25, 0.3) is 0 Å². The molecule has 0 heterocycles. The monoisotopic (exact) mass is 324 g/mol. The second-order valence-electron chi connectivity index (χ2n) is 5.08. The predicted octanol–water partition coefficient (Wildman–Crippen LogP) is 5.56. The van der Waals surface area contributed by atoms with Crippen LogP contribution in [0.1, 0.15) is 67.8 Å². The van der Waals surface area contributed by atoms with E-state index in [1.54, 1.807) is 0 Å². The molecule has 0 atom stereocenters. The van der Waals surface area contributed by atoms with Gasteiger partial charge in [0.05, 0.1) is 0 Å². The van der Waals surface area contributed by atoms with E-state index >= 15 is 0 Å². The molecule has 106 valence electrons. The number of aryl methyl sites for hydroxylation is 1. The van der Waals surface area contributed by atoms with E-state index in [-0.39, 0.29) is 5.78 Å². The van der Waals surface area contributed by atoms with Gasteiger partial charge in [-0.05, 0) is 24.8 Å². The van der Waals surface area contributed by atoms with Crippen molar-refractivity contribution in [3.8, 4) is 0 Å². The van der Waals surface area contributed by atoms with Gasteiger partial charge in [-0.2, -0.15) is 0 Å². The summed E-state index contributed by atoms with van der Waals surface area (Å²) < 4.78 is 0. The molecular weight excluding hydrogens is 300 g/mol. The fraction of sp³-hybridized carbons (Fsp3) is 0.588. The summed E-state index contributed by atoms with van der Waals surface area (Å²) in [5, 5.41) is 0.897. The van der Waals surface area contributed by atoms with Gasteiger partial charge in [0, 0.05) is 17.3 Å². The van der Waals surface area contributed by atoms with Gasteiger partial charge in [-0.25, -0.2) is 0 Å². The number of alkyl halides is 1. The van der Waals surface area contributed by atoms with E-state index in [0.29, 0.717) is 6.42 Å². The second kappa shape index (κ2) is 10.2. The fourth-order valence-electron chi connectivity index (χ4n) is 2.16. The normalized spacial score (nSPS) is 10.6. The Kier molecular flexibility index (Phi) is 8.81. The van der Waals surface area contributed by atoms with Crippen molar-refractivity contribution < 1.29 is 4.79 Å². The molecule has 0 amide bonds. The molecule has 2 heteroatoms. The lowest BCUT2D eigenvalue weighted by molar-refractivity contribution is 0.0982. The topological polar surface area (TPSA) is 17.1 Å². The standard InChI is InChI=1S/C17H25BrO/c1-2-3-4-5-6-8-15-10-12-16(13-11-15)17(19)9-7-14-18/h10-13H,2-9,14H2,1H3. The highest BCUT2D eigenvalue weighted by molar-refractivity contribution is 9.09. The van der Waals surface area contributed by atoms with Crippen LogP contribution in [0.15, 0.2) is 24.3 Å². The smallest absolute Gasteiger partial charge is 0.162 e. The average molecular weight is 325 g/mol. The maximum atomic E-state index is 11.8. The highest BCUT2D eigenvalue weighted by Gasteiger charge is 2.04. The van der Waals surface area contributed by atoms with E-state index in [1.807, 2.05) is 12.1 Å². The van der Waals surface area contributed by atoms with Gasteiger partial charge in [0.1, 0.15) is 0 Å². The molecule has 0 N–H and O–H groups in total. The molecule has 1 nitrogen and oxygen atoms in total. The van der Waals surface area contributed by atoms with Crippen LogP contribution in [0, 0.1) is 0 Å². The molecule has 0 unspecified atom stereocenters. The molecule has 1 aromatic rings. The number of rotatable bonds is 10. The number of Topliss-reactive ketones (excluding diaryl/α,β-unsaturated/α-hetero) is 1. The van der Waals surface area contributed by atoms with Crippen molar-refractivity contribution in [3.05, 3.63) is 35.4 Å². The Morgan fingerprint density at radius 3 is 2.32 bits per heavy atom. The largest absolute Gasteiger partial charge is 0.294 e. The van der Waals surface area contributed by atoms with Crippen LogP contribution in [-0.4, -0.2) is 11.1 Å². The lowest BCUT2D eigenvalue weighted by Gasteiger charge is -2.04. The molecule has 0 aliphatic heterocycles. The summed E-state index contributed by atoms with van der Waals surface area (Å²) in [5.74, 6) is 0.258. The van der Waals surface area contributed by atoms with Crippen molar-refractivity contribution in [2.45, 2.75) is 58.3 Å². The SMILES string of the molecule is CCCCCCCc1ccc(C(=O)CCCBr)cc1. The van der Waals surface area contributed by atoms with Crippen LogP contribution >= 0.6 is 15.9 Å². The van der Waals surface area contributed by atoms with Crippen LogP contribution in [0.2, 0.25) is 0 Å². The van der Waals surface area contributed by atoms with E-state index in [9.17, 15) is 4.79 Å². The van der Waals surface area contributed by atoms with Gasteiger partial charge in [0.15, 0.2) is 5.78 Å². The first-order valence-electron chi connectivity index (χ1n) is 7.46. The highest BCUT2D eigenvalue weighted by Crippen LogP contribution is 2.12. The summed E-state index contributed by atoms with van der Waals surface area (Å²) in [6.07, 6.45) is 9.27. The van der Waals surface area contributed by atoms with Crippen LogP contribution < -0.4 is 0 Å². The Morgan fingerprint density at radius 2 is 1.68 bits per heavy atom. The van der Waals surface area contributed by atoms with E-state index < -0.39 is 0 Å². The molecule has 19 heavy (non-hydrogen) atoms. The lowest BCUT2D eigenvalue weighted by Crippen LogP contribution is -1.99. The number of carbonyl (C=O) groups is 1. The third-order valence-electron chi connectivity index (χ3n) is 3.38. The van der Waals surface area contributed by atoms with Crippen molar-refractivity contribution in [1.82, 2.24) is 0 Å². The van der Waals surface area contributed by atoms with Crippen molar-refractivity contribution in [3.63, 3.8) is 0 Å². The van der Waals surface area contributed by atoms with Crippen molar-refractivity contribution in [1.29, 1.82) is 0 Å². The molecule has 0 aliphatic rings. The lowest BCUT2D eigenvalue weighted by atomic mass is 10.0. The second-order valence-corrected chi connectivity index (χ2v) is 5.87. The van der Waals surface area contributed by atoms with Crippen molar-refractivity contribution in [2.24, 2.45) is 0 Å². The van der Waals surface area contributed by atoms with Gasteiger partial charge < -0.3 is 0 Å². The first-order chi connectivity index (χ1) is 9.27. The Bertz CT molecular complexity index is 356. The molecule has 1 rings (SSSR count). The number of hydrogen-bond acceptors (Lipinski definition) is 1. The quantitative estimate of drug-likeness (QED) is 0.313. The number of carbonyl (C=O) groups excluding carboxylic acids is 1. The predicted molar refractivity (Wildman–Crippen MR) is 86.3 cm³/mol. The molecule has 0 aromatic heterocycles. The molecule has 1 aromatic carbocycles. The molecule has 0 fully saturated rings. The maximum absolute atomic E-state index is 11.8. The van der Waals surface area contributed by atoms with Crippen LogP contribution in [0.4, 0.5) is 0 Å². The van der Waals surface area contributed by atoms with Crippen LogP contribution in [0.3, 0.4) is 0 Å². The number of halogens is 1. The molecule has 0 saturated carbocycles. The molecular formula is C17H25BrO. The van der Waals surface area contributed by atoms with Gasteiger partial charge in [0.2, 0.25) is 0 Å². The zero-order valence-electron chi connectivity index (χ0n) is 12.0. The minimum Gasteiger partial charge on any atom is -0.294 e. The summed E-state index contributed by atoms with van der Waals surface area (Å²) in [7, 11) is 0. The van der Waals surface area contributed by atoms with Crippen molar-refractivity contribution in [2.75, 3.05) is 5.33 Å². The van der Waals surface area contributed by atoms with Crippen LogP contribution in [0.5, 0.6) is 0 Å². The number of unbranched alkanes of at least 4 members (excludes halogenated alkanes) is 4. The van der Waals surface area contributed by atoms with E-state index in [0.717, 1.165) is 23.7 Å². The Morgan fingerprint density at radius 1 is 1.00 bits per heavy atom. The summed E-state index contributed by atoms with van der Waals surface area (Å²) >= 11 is 3.36. The van der Waals surface area contributed by atoms with Gasteiger partial charge in [-0.3, -0.25) is 4.79 Å². The maximum Gasteiger partial charge on any atom is 0.162 e. The molecule has 0 aliphatic carbocycles. The van der Waals surface area contributed by atoms with E-state index in [2.05, 4.69) is 35.0 Å². The third kappa shape index (κ3) is 6.91. The minimum absolute atomic E-state index is 0.258.